The highest BCUT2D eigenvalue weighted by Gasteiger charge is 2.13. The molecule has 0 aliphatic carbocycles. The van der Waals surface area contributed by atoms with E-state index in [1.807, 2.05) is 53.2 Å². The van der Waals surface area contributed by atoms with Gasteiger partial charge < -0.3 is 0 Å². The Morgan fingerprint density at radius 3 is 2.00 bits per heavy atom. The van der Waals surface area contributed by atoms with Gasteiger partial charge in [-0.25, -0.2) is 9.67 Å². The maximum atomic E-state index is 5.98. The molecule has 0 atom stereocenters. The second kappa shape index (κ2) is 6.83. The molecule has 0 radical (unpaired) electrons. The molecule has 5 nitrogen and oxygen atoms in total. The van der Waals surface area contributed by atoms with E-state index in [4.69, 9.17) is 21.7 Å². The highest BCUT2D eigenvalue weighted by atomic mass is 35.5. The maximum Gasteiger partial charge on any atom is 0.181 e. The van der Waals surface area contributed by atoms with Crippen molar-refractivity contribution in [3.63, 3.8) is 0 Å². The van der Waals surface area contributed by atoms with E-state index in [0.29, 0.717) is 17.4 Å². The molecule has 3 aromatic heterocycles. The summed E-state index contributed by atoms with van der Waals surface area (Å²) in [4.78, 5) is 12.9. The number of rotatable bonds is 4. The zero-order valence-corrected chi connectivity index (χ0v) is 14.0. The van der Waals surface area contributed by atoms with Gasteiger partial charge in [-0.1, -0.05) is 23.7 Å². The van der Waals surface area contributed by atoms with Crippen LogP contribution in [0.25, 0.3) is 22.8 Å². The molecule has 0 amide bonds. The molecule has 0 N–H and O–H groups in total. The fourth-order valence-electron chi connectivity index (χ4n) is 2.55. The Hall–Kier alpha value is -3.05. The van der Waals surface area contributed by atoms with E-state index in [-0.39, 0.29) is 0 Å². The van der Waals surface area contributed by atoms with E-state index >= 15 is 0 Å². The summed E-state index contributed by atoms with van der Waals surface area (Å²) in [5.41, 5.74) is 3.00. The zero-order valence-electron chi connectivity index (χ0n) is 13.2. The largest absolute Gasteiger partial charge is 0.265 e. The molecule has 0 unspecified atom stereocenters. The van der Waals surface area contributed by atoms with Crippen LogP contribution >= 0.6 is 11.6 Å². The van der Waals surface area contributed by atoms with Crippen molar-refractivity contribution >= 4 is 11.6 Å². The second-order valence-corrected chi connectivity index (χ2v) is 5.95. The van der Waals surface area contributed by atoms with Crippen molar-refractivity contribution in [3.8, 4) is 22.8 Å². The minimum absolute atomic E-state index is 0.604. The summed E-state index contributed by atoms with van der Waals surface area (Å²) in [7, 11) is 0. The molecule has 122 valence electrons. The molecule has 0 bridgehead atoms. The molecule has 4 aromatic rings. The molecule has 0 saturated carbocycles. The Bertz CT molecular complexity index is 966. The first-order valence-corrected chi connectivity index (χ1v) is 8.17. The van der Waals surface area contributed by atoms with Crippen LogP contribution in [0.1, 0.15) is 5.56 Å². The van der Waals surface area contributed by atoms with Gasteiger partial charge >= 0.3 is 0 Å². The molecule has 0 aliphatic rings. The third-order valence-electron chi connectivity index (χ3n) is 3.79. The van der Waals surface area contributed by atoms with Gasteiger partial charge in [0.25, 0.3) is 0 Å². The molecule has 0 aliphatic heterocycles. The highest BCUT2D eigenvalue weighted by molar-refractivity contribution is 6.30. The lowest BCUT2D eigenvalue weighted by molar-refractivity contribution is 0.695. The van der Waals surface area contributed by atoms with Crippen molar-refractivity contribution < 1.29 is 0 Å². The summed E-state index contributed by atoms with van der Waals surface area (Å²) >= 11 is 5.98. The van der Waals surface area contributed by atoms with Crippen LogP contribution in [0.2, 0.25) is 5.02 Å². The minimum Gasteiger partial charge on any atom is -0.265 e. The fourth-order valence-corrected chi connectivity index (χ4v) is 2.68. The maximum absolute atomic E-state index is 5.98. The number of hydrogen-bond acceptors (Lipinski definition) is 4. The predicted octanol–water partition coefficient (Wildman–Crippen LogP) is 4.10. The van der Waals surface area contributed by atoms with Crippen LogP contribution in [0, 0.1) is 0 Å². The molecule has 0 saturated heterocycles. The van der Waals surface area contributed by atoms with Gasteiger partial charge in [0.1, 0.15) is 0 Å². The van der Waals surface area contributed by atoms with E-state index in [1.165, 1.54) is 0 Å². The first kappa shape index (κ1) is 15.5. The Kier molecular flexibility index (Phi) is 4.23. The Morgan fingerprint density at radius 1 is 0.760 bits per heavy atom. The molecular weight excluding hydrogens is 334 g/mol. The van der Waals surface area contributed by atoms with Gasteiger partial charge in [-0.05, 0) is 42.0 Å². The van der Waals surface area contributed by atoms with Gasteiger partial charge in [-0.3, -0.25) is 9.97 Å². The molecule has 6 heteroatoms. The third kappa shape index (κ3) is 3.41. The Labute approximate surface area is 150 Å². The zero-order chi connectivity index (χ0) is 17.1. The smallest absolute Gasteiger partial charge is 0.181 e. The second-order valence-electron chi connectivity index (χ2n) is 5.51. The summed E-state index contributed by atoms with van der Waals surface area (Å²) in [5, 5.41) is 5.42. The lowest BCUT2D eigenvalue weighted by Gasteiger charge is -2.06. The average Bonchev–Trinajstić information content (AvgIpc) is 3.09. The Balaban J connectivity index is 1.78. The highest BCUT2D eigenvalue weighted by Crippen LogP contribution is 2.23. The van der Waals surface area contributed by atoms with Crippen molar-refractivity contribution in [2.24, 2.45) is 0 Å². The monoisotopic (exact) mass is 347 g/mol. The van der Waals surface area contributed by atoms with Crippen molar-refractivity contribution in [2.45, 2.75) is 6.54 Å². The van der Waals surface area contributed by atoms with Crippen LogP contribution in [-0.4, -0.2) is 24.7 Å². The van der Waals surface area contributed by atoms with Crippen molar-refractivity contribution in [3.05, 3.63) is 83.9 Å². The minimum atomic E-state index is 0.604. The summed E-state index contributed by atoms with van der Waals surface area (Å²) in [6.07, 6.45) is 6.98. The van der Waals surface area contributed by atoms with Crippen LogP contribution in [-0.2, 0) is 6.54 Å². The van der Waals surface area contributed by atoms with Crippen LogP contribution in [0.4, 0.5) is 0 Å². The van der Waals surface area contributed by atoms with Gasteiger partial charge in [-0.2, -0.15) is 5.10 Å². The fraction of sp³-hybridized carbons (Fsp3) is 0.0526. The van der Waals surface area contributed by atoms with E-state index in [1.54, 1.807) is 24.8 Å². The van der Waals surface area contributed by atoms with Crippen LogP contribution in [0.5, 0.6) is 0 Å². The lowest BCUT2D eigenvalue weighted by atomic mass is 10.2. The van der Waals surface area contributed by atoms with Crippen molar-refractivity contribution in [1.29, 1.82) is 0 Å². The summed E-state index contributed by atoms with van der Waals surface area (Å²) in [5.74, 6) is 1.47. The topological polar surface area (TPSA) is 56.5 Å². The normalized spacial score (nSPS) is 10.8. The number of hydrogen-bond donors (Lipinski definition) is 0. The quantitative estimate of drug-likeness (QED) is 0.557. The first-order valence-electron chi connectivity index (χ1n) is 7.80. The third-order valence-corrected chi connectivity index (χ3v) is 4.05. The van der Waals surface area contributed by atoms with Gasteiger partial charge in [0.2, 0.25) is 0 Å². The van der Waals surface area contributed by atoms with Crippen molar-refractivity contribution in [2.75, 3.05) is 0 Å². The number of aromatic nitrogens is 5. The molecule has 25 heavy (non-hydrogen) atoms. The predicted molar refractivity (Wildman–Crippen MR) is 97.0 cm³/mol. The summed E-state index contributed by atoms with van der Waals surface area (Å²) in [6, 6.07) is 15.4. The molecule has 0 fully saturated rings. The standard InChI is InChI=1S/C19H14ClN5/c20-17-3-1-14(2-4-17)13-25-19(16-7-11-22-12-8-16)23-18(24-25)15-5-9-21-10-6-15/h1-12H,13H2. The van der Waals surface area contributed by atoms with Crippen LogP contribution in [0.3, 0.4) is 0 Å². The average molecular weight is 348 g/mol. The first-order chi connectivity index (χ1) is 12.3. The summed E-state index contributed by atoms with van der Waals surface area (Å²) in [6.45, 7) is 0.604. The van der Waals surface area contributed by atoms with Crippen LogP contribution in [0.15, 0.2) is 73.3 Å². The molecule has 1 aromatic carbocycles. The molecule has 3 heterocycles. The van der Waals surface area contributed by atoms with Gasteiger partial charge in [-0.15, -0.1) is 0 Å². The van der Waals surface area contributed by atoms with Gasteiger partial charge in [0.15, 0.2) is 11.6 Å². The molecule has 0 spiro atoms. The SMILES string of the molecule is Clc1ccc(Cn2nc(-c3ccncc3)nc2-c2ccncc2)cc1. The molecule has 4 rings (SSSR count). The number of nitrogens with zero attached hydrogens (tertiary/aromatic N) is 5. The van der Waals surface area contributed by atoms with Crippen molar-refractivity contribution in [1.82, 2.24) is 24.7 Å². The number of pyridine rings is 2. The van der Waals surface area contributed by atoms with E-state index in [9.17, 15) is 0 Å². The lowest BCUT2D eigenvalue weighted by Crippen LogP contribution is -2.04. The van der Waals surface area contributed by atoms with E-state index in [0.717, 1.165) is 22.5 Å². The van der Waals surface area contributed by atoms with Gasteiger partial charge in [0.05, 0.1) is 6.54 Å². The van der Waals surface area contributed by atoms with Crippen LogP contribution < -0.4 is 0 Å². The van der Waals surface area contributed by atoms with E-state index in [2.05, 4.69) is 9.97 Å². The number of halogens is 1. The van der Waals surface area contributed by atoms with E-state index < -0.39 is 0 Å². The Morgan fingerprint density at radius 2 is 1.36 bits per heavy atom. The number of benzene rings is 1. The van der Waals surface area contributed by atoms with Gasteiger partial charge in [0, 0.05) is 40.9 Å². The summed E-state index contributed by atoms with van der Waals surface area (Å²) < 4.78 is 1.90. The molecular formula is C19H14ClN5.